The Morgan fingerprint density at radius 3 is 2.41 bits per heavy atom. The topological polar surface area (TPSA) is 64.3 Å². The van der Waals surface area contributed by atoms with Crippen molar-refractivity contribution in [1.82, 2.24) is 0 Å². The Labute approximate surface area is 131 Å². The number of para-hydroxylation sites is 3. The number of nitrogens with one attached hydrogen (secondary N) is 1. The Morgan fingerprint density at radius 2 is 1.77 bits per heavy atom. The highest BCUT2D eigenvalue weighted by molar-refractivity contribution is 5.93. The molecule has 3 N–H and O–H groups in total. The molecule has 2 aromatic carbocycles. The molecule has 4 heteroatoms. The van der Waals surface area contributed by atoms with Crippen LogP contribution in [0.2, 0.25) is 0 Å². The van der Waals surface area contributed by atoms with Crippen LogP contribution < -0.4 is 15.8 Å². The average molecular weight is 298 g/mol. The molecule has 0 spiro atoms. The number of hydrogen-bond acceptors (Lipinski definition) is 3. The molecule has 0 saturated heterocycles. The van der Waals surface area contributed by atoms with Gasteiger partial charge in [0.15, 0.2) is 5.75 Å². The summed E-state index contributed by atoms with van der Waals surface area (Å²) < 4.78 is 6.04. The maximum absolute atomic E-state index is 12.0. The van der Waals surface area contributed by atoms with Crippen LogP contribution in [0.5, 0.6) is 11.5 Å². The van der Waals surface area contributed by atoms with Crippen LogP contribution in [0.15, 0.2) is 42.5 Å². The number of aryl methyl sites for hydroxylation is 2. The molecule has 1 unspecified atom stereocenters. The van der Waals surface area contributed by atoms with Gasteiger partial charge in [-0.1, -0.05) is 37.3 Å². The van der Waals surface area contributed by atoms with Crippen LogP contribution in [0.3, 0.4) is 0 Å². The van der Waals surface area contributed by atoms with Crippen LogP contribution in [0.4, 0.5) is 5.69 Å². The van der Waals surface area contributed by atoms with E-state index in [0.29, 0.717) is 18.0 Å². The van der Waals surface area contributed by atoms with E-state index in [4.69, 9.17) is 10.5 Å². The lowest BCUT2D eigenvalue weighted by Gasteiger charge is -2.16. The second-order valence-corrected chi connectivity index (χ2v) is 5.45. The van der Waals surface area contributed by atoms with E-state index in [1.807, 2.05) is 56.3 Å². The normalized spacial score (nSPS) is 11.8. The highest BCUT2D eigenvalue weighted by atomic mass is 16.5. The first-order chi connectivity index (χ1) is 10.5. The number of anilines is 1. The molecular formula is C18H22N2O2. The van der Waals surface area contributed by atoms with Gasteiger partial charge in [0.1, 0.15) is 5.75 Å². The van der Waals surface area contributed by atoms with E-state index in [2.05, 4.69) is 5.32 Å². The van der Waals surface area contributed by atoms with Crippen LogP contribution in [-0.2, 0) is 4.79 Å². The van der Waals surface area contributed by atoms with Crippen molar-refractivity contribution < 1.29 is 9.53 Å². The lowest BCUT2D eigenvalue weighted by Crippen LogP contribution is -2.26. The molecule has 0 aliphatic heterocycles. The molecule has 1 atom stereocenters. The number of hydrogen-bond donors (Lipinski definition) is 2. The third-order valence-electron chi connectivity index (χ3n) is 3.57. The first kappa shape index (κ1) is 16.0. The lowest BCUT2D eigenvalue weighted by atomic mass is 10.1. The Hall–Kier alpha value is -2.33. The Bertz CT molecular complexity index is 648. The number of ether oxygens (including phenoxy) is 1. The molecule has 1 amide bonds. The van der Waals surface area contributed by atoms with Crippen LogP contribution in [0.25, 0.3) is 0 Å². The fourth-order valence-electron chi connectivity index (χ4n) is 2.09. The average Bonchev–Trinajstić information content (AvgIpc) is 2.51. The second-order valence-electron chi connectivity index (χ2n) is 5.45. The van der Waals surface area contributed by atoms with Gasteiger partial charge in [0, 0.05) is 12.5 Å². The van der Waals surface area contributed by atoms with Gasteiger partial charge >= 0.3 is 0 Å². The monoisotopic (exact) mass is 298 g/mol. The van der Waals surface area contributed by atoms with E-state index in [1.165, 1.54) is 0 Å². The molecule has 0 fully saturated rings. The summed E-state index contributed by atoms with van der Waals surface area (Å²) in [7, 11) is 0. The molecule has 0 radical (unpaired) electrons. The van der Waals surface area contributed by atoms with Gasteiger partial charge in [-0.25, -0.2) is 0 Å². The Kier molecular flexibility index (Phi) is 5.17. The fraction of sp³-hybridized carbons (Fsp3) is 0.278. The van der Waals surface area contributed by atoms with Crippen LogP contribution in [0, 0.1) is 19.8 Å². The second kappa shape index (κ2) is 7.09. The molecule has 2 aromatic rings. The van der Waals surface area contributed by atoms with Crippen molar-refractivity contribution in [1.29, 1.82) is 0 Å². The van der Waals surface area contributed by atoms with E-state index in [-0.39, 0.29) is 11.8 Å². The molecule has 116 valence electrons. The predicted molar refractivity (Wildman–Crippen MR) is 89.3 cm³/mol. The van der Waals surface area contributed by atoms with Crippen LogP contribution in [-0.4, -0.2) is 12.5 Å². The molecule has 0 aromatic heterocycles. The predicted octanol–water partition coefficient (Wildman–Crippen LogP) is 3.63. The summed E-state index contributed by atoms with van der Waals surface area (Å²) in [5.74, 6) is 1.09. The number of carbonyl (C=O) groups excluding carboxylic acids is 1. The van der Waals surface area contributed by atoms with Crippen LogP contribution >= 0.6 is 0 Å². The molecule has 0 aliphatic carbocycles. The Morgan fingerprint density at radius 1 is 1.14 bits per heavy atom. The van der Waals surface area contributed by atoms with Gasteiger partial charge in [0.05, 0.1) is 5.69 Å². The van der Waals surface area contributed by atoms with Gasteiger partial charge in [-0.3, -0.25) is 4.79 Å². The molecule has 4 nitrogen and oxygen atoms in total. The van der Waals surface area contributed by atoms with E-state index < -0.39 is 0 Å². The van der Waals surface area contributed by atoms with E-state index in [1.54, 1.807) is 6.92 Å². The van der Waals surface area contributed by atoms with Crippen molar-refractivity contribution in [2.45, 2.75) is 20.8 Å². The lowest BCUT2D eigenvalue weighted by molar-refractivity contribution is -0.119. The van der Waals surface area contributed by atoms with Gasteiger partial charge in [-0.2, -0.15) is 0 Å². The van der Waals surface area contributed by atoms with Crippen molar-refractivity contribution >= 4 is 11.6 Å². The third-order valence-corrected chi connectivity index (χ3v) is 3.57. The fourth-order valence-corrected chi connectivity index (χ4v) is 2.09. The van der Waals surface area contributed by atoms with E-state index in [9.17, 15) is 4.79 Å². The summed E-state index contributed by atoms with van der Waals surface area (Å²) in [5.41, 5.74) is 8.29. The zero-order valence-corrected chi connectivity index (χ0v) is 13.2. The summed E-state index contributed by atoms with van der Waals surface area (Å²) in [4.78, 5) is 12.0. The van der Waals surface area contributed by atoms with Gasteiger partial charge in [-0.05, 0) is 37.1 Å². The first-order valence-corrected chi connectivity index (χ1v) is 7.37. The standard InChI is InChI=1S/C18H22N2O2/c1-12-7-6-8-13(2)17(12)22-16-10-5-4-9-15(16)20-18(21)14(3)11-19/h4-10,14H,11,19H2,1-3H3,(H,20,21). The van der Waals surface area contributed by atoms with E-state index in [0.717, 1.165) is 16.9 Å². The summed E-state index contributed by atoms with van der Waals surface area (Å²) in [5, 5.41) is 2.88. The molecule has 0 aliphatic rings. The van der Waals surface area contributed by atoms with Crippen molar-refractivity contribution in [3.63, 3.8) is 0 Å². The van der Waals surface area contributed by atoms with Gasteiger partial charge in [-0.15, -0.1) is 0 Å². The van der Waals surface area contributed by atoms with E-state index >= 15 is 0 Å². The molecule has 2 rings (SSSR count). The smallest absolute Gasteiger partial charge is 0.228 e. The minimum atomic E-state index is -0.242. The van der Waals surface area contributed by atoms with Gasteiger partial charge in [0.2, 0.25) is 5.91 Å². The third kappa shape index (κ3) is 3.65. The summed E-state index contributed by atoms with van der Waals surface area (Å²) in [6, 6.07) is 13.4. The maximum atomic E-state index is 12.0. The highest BCUT2D eigenvalue weighted by Gasteiger charge is 2.14. The molecule has 0 saturated carbocycles. The van der Waals surface area contributed by atoms with Crippen molar-refractivity contribution in [2.75, 3.05) is 11.9 Å². The van der Waals surface area contributed by atoms with Gasteiger partial charge < -0.3 is 15.8 Å². The number of rotatable bonds is 5. The summed E-state index contributed by atoms with van der Waals surface area (Å²) >= 11 is 0. The SMILES string of the molecule is Cc1cccc(C)c1Oc1ccccc1NC(=O)C(C)CN. The van der Waals surface area contributed by atoms with Gasteiger partial charge in [0.25, 0.3) is 0 Å². The minimum Gasteiger partial charge on any atom is -0.455 e. The molecular weight excluding hydrogens is 276 g/mol. The summed E-state index contributed by atoms with van der Waals surface area (Å²) in [6.07, 6.45) is 0. The minimum absolute atomic E-state index is 0.111. The largest absolute Gasteiger partial charge is 0.455 e. The van der Waals surface area contributed by atoms with Crippen molar-refractivity contribution in [2.24, 2.45) is 11.7 Å². The molecule has 0 bridgehead atoms. The number of nitrogens with two attached hydrogens (primary N) is 1. The highest BCUT2D eigenvalue weighted by Crippen LogP contribution is 2.33. The number of amides is 1. The number of benzene rings is 2. The van der Waals surface area contributed by atoms with Crippen LogP contribution in [0.1, 0.15) is 18.1 Å². The Balaban J connectivity index is 2.27. The number of carbonyl (C=O) groups is 1. The summed E-state index contributed by atoms with van der Waals surface area (Å²) in [6.45, 7) is 6.11. The molecule has 0 heterocycles. The van der Waals surface area contributed by atoms with Crippen molar-refractivity contribution in [3.8, 4) is 11.5 Å². The quantitative estimate of drug-likeness (QED) is 0.886. The molecule has 22 heavy (non-hydrogen) atoms. The van der Waals surface area contributed by atoms with Crippen molar-refractivity contribution in [3.05, 3.63) is 53.6 Å². The first-order valence-electron chi connectivity index (χ1n) is 7.37. The zero-order chi connectivity index (χ0) is 16.1. The maximum Gasteiger partial charge on any atom is 0.228 e. The zero-order valence-electron chi connectivity index (χ0n) is 13.2.